The van der Waals surface area contributed by atoms with Gasteiger partial charge in [0.1, 0.15) is 0 Å². The number of nitrogens with zero attached hydrogens (tertiary/aromatic N) is 1. The number of carboxylic acids is 1. The number of hydrogen-bond acceptors (Lipinski definition) is 3. The summed E-state index contributed by atoms with van der Waals surface area (Å²) in [5, 5.41) is 17.9. The highest BCUT2D eigenvalue weighted by Gasteiger charge is 2.35. The van der Waals surface area contributed by atoms with Gasteiger partial charge in [0, 0.05) is 12.1 Å². The minimum atomic E-state index is -1.19. The first kappa shape index (κ1) is 10.6. The molecule has 0 fully saturated rings. The average Bonchev–Trinajstić information content (AvgIpc) is 2.58. The molecule has 0 bridgehead atoms. The smallest absolute Gasteiger partial charge is 0.328 e. The van der Waals surface area contributed by atoms with Gasteiger partial charge in [-0.1, -0.05) is 18.2 Å². The molecule has 0 saturated carbocycles. The Bertz CT molecular complexity index is 443. The highest BCUT2D eigenvalue weighted by molar-refractivity contribution is 6.00. The van der Waals surface area contributed by atoms with Crippen LogP contribution >= 0.6 is 0 Å². The van der Waals surface area contributed by atoms with E-state index in [1.807, 2.05) is 0 Å². The normalized spacial score (nSPS) is 16.1. The van der Waals surface area contributed by atoms with Crippen molar-refractivity contribution in [3.63, 3.8) is 0 Å². The third kappa shape index (κ3) is 1.55. The van der Waals surface area contributed by atoms with Crippen LogP contribution in [0, 0.1) is 0 Å². The molecule has 0 aromatic heterocycles. The number of carboxylic acid groups (broad SMARTS) is 1. The second-order valence-electron chi connectivity index (χ2n) is 3.63. The van der Waals surface area contributed by atoms with E-state index in [1.54, 1.807) is 24.3 Å². The molecule has 2 N–H and O–H groups in total. The second-order valence-corrected chi connectivity index (χ2v) is 3.63. The Labute approximate surface area is 91.9 Å². The van der Waals surface area contributed by atoms with E-state index in [-0.39, 0.29) is 12.5 Å². The number of aliphatic hydroxyl groups is 1. The molecule has 1 aliphatic rings. The Morgan fingerprint density at radius 2 is 2.12 bits per heavy atom. The zero-order valence-electron chi connectivity index (χ0n) is 8.46. The molecule has 84 valence electrons. The van der Waals surface area contributed by atoms with E-state index in [4.69, 9.17) is 10.2 Å². The number of carbonyl (C=O) groups is 2. The molecule has 16 heavy (non-hydrogen) atoms. The molecular weight excluding hydrogens is 210 g/mol. The third-order valence-corrected chi connectivity index (χ3v) is 2.68. The van der Waals surface area contributed by atoms with Crippen LogP contribution in [0.25, 0.3) is 0 Å². The van der Waals surface area contributed by atoms with E-state index in [0.29, 0.717) is 5.56 Å². The maximum atomic E-state index is 11.9. The van der Waals surface area contributed by atoms with Crippen molar-refractivity contribution in [2.24, 2.45) is 0 Å². The van der Waals surface area contributed by atoms with E-state index in [1.165, 1.54) is 4.90 Å². The molecule has 0 aliphatic carbocycles. The van der Waals surface area contributed by atoms with Gasteiger partial charge in [0.05, 0.1) is 6.61 Å². The van der Waals surface area contributed by atoms with Crippen LogP contribution in [0.2, 0.25) is 0 Å². The zero-order valence-corrected chi connectivity index (χ0v) is 8.46. The lowest BCUT2D eigenvalue weighted by Gasteiger charge is -2.21. The summed E-state index contributed by atoms with van der Waals surface area (Å²) < 4.78 is 0. The fraction of sp³-hybridized carbons (Fsp3) is 0.273. The summed E-state index contributed by atoms with van der Waals surface area (Å²) in [7, 11) is 0. The van der Waals surface area contributed by atoms with Crippen LogP contribution in [0.4, 0.5) is 0 Å². The number of aliphatic hydroxyl groups excluding tert-OH is 1. The first-order valence-corrected chi connectivity index (χ1v) is 4.87. The molecule has 5 heteroatoms. The molecule has 2 rings (SSSR count). The van der Waals surface area contributed by atoms with E-state index in [0.717, 1.165) is 5.56 Å². The highest BCUT2D eigenvalue weighted by Crippen LogP contribution is 2.24. The van der Waals surface area contributed by atoms with Crippen molar-refractivity contribution in [3.05, 3.63) is 35.4 Å². The summed E-state index contributed by atoms with van der Waals surface area (Å²) in [6, 6.07) is 5.80. The minimum Gasteiger partial charge on any atom is -0.480 e. The quantitative estimate of drug-likeness (QED) is 0.758. The second kappa shape index (κ2) is 3.94. The van der Waals surface area contributed by atoms with E-state index >= 15 is 0 Å². The predicted molar refractivity (Wildman–Crippen MR) is 54.8 cm³/mol. The molecule has 1 aromatic rings. The lowest BCUT2D eigenvalue weighted by molar-refractivity contribution is -0.143. The molecular formula is C11H11NO4. The van der Waals surface area contributed by atoms with Gasteiger partial charge in [-0.3, -0.25) is 4.79 Å². The first-order valence-electron chi connectivity index (χ1n) is 4.87. The predicted octanol–water partition coefficient (Wildman–Crippen LogP) is 0.0879. The minimum absolute atomic E-state index is 0.243. The van der Waals surface area contributed by atoms with Gasteiger partial charge in [0.25, 0.3) is 5.91 Å². The van der Waals surface area contributed by atoms with Crippen molar-refractivity contribution in [1.82, 2.24) is 4.90 Å². The maximum Gasteiger partial charge on any atom is 0.328 e. The number of carbonyl (C=O) groups excluding carboxylic acids is 1. The van der Waals surface area contributed by atoms with Crippen molar-refractivity contribution in [2.45, 2.75) is 12.6 Å². The summed E-state index contributed by atoms with van der Waals surface area (Å²) in [6.07, 6.45) is 0. The Morgan fingerprint density at radius 1 is 1.44 bits per heavy atom. The van der Waals surface area contributed by atoms with Crippen LogP contribution in [0.3, 0.4) is 0 Å². The highest BCUT2D eigenvalue weighted by atomic mass is 16.4. The fourth-order valence-electron chi connectivity index (χ4n) is 1.84. The zero-order chi connectivity index (χ0) is 11.7. The molecule has 1 amide bonds. The Balaban J connectivity index is 2.31. The summed E-state index contributed by atoms with van der Waals surface area (Å²) in [5.74, 6) is -1.53. The number of amides is 1. The van der Waals surface area contributed by atoms with Crippen LogP contribution in [-0.2, 0) is 11.3 Å². The van der Waals surface area contributed by atoms with E-state index < -0.39 is 18.6 Å². The number of benzene rings is 1. The van der Waals surface area contributed by atoms with Gasteiger partial charge in [-0.15, -0.1) is 0 Å². The largest absolute Gasteiger partial charge is 0.480 e. The monoisotopic (exact) mass is 221 g/mol. The van der Waals surface area contributed by atoms with Crippen molar-refractivity contribution in [1.29, 1.82) is 0 Å². The van der Waals surface area contributed by atoms with Crippen LogP contribution in [0.5, 0.6) is 0 Å². The van der Waals surface area contributed by atoms with Gasteiger partial charge < -0.3 is 15.1 Å². The van der Waals surface area contributed by atoms with Crippen molar-refractivity contribution in [3.8, 4) is 0 Å². The molecule has 1 heterocycles. The molecule has 0 spiro atoms. The van der Waals surface area contributed by atoms with Crippen LogP contribution in [0.1, 0.15) is 15.9 Å². The lowest BCUT2D eigenvalue weighted by Crippen LogP contribution is -2.43. The van der Waals surface area contributed by atoms with Gasteiger partial charge in [0.15, 0.2) is 6.04 Å². The molecule has 5 nitrogen and oxygen atoms in total. The lowest BCUT2D eigenvalue weighted by atomic mass is 10.1. The molecule has 1 aliphatic heterocycles. The van der Waals surface area contributed by atoms with E-state index in [9.17, 15) is 9.59 Å². The average molecular weight is 221 g/mol. The van der Waals surface area contributed by atoms with Gasteiger partial charge in [-0.05, 0) is 11.6 Å². The van der Waals surface area contributed by atoms with Crippen molar-refractivity contribution < 1.29 is 19.8 Å². The van der Waals surface area contributed by atoms with Crippen molar-refractivity contribution in [2.75, 3.05) is 6.61 Å². The number of hydrogen-bond donors (Lipinski definition) is 2. The topological polar surface area (TPSA) is 77.8 Å². The molecule has 1 atom stereocenters. The van der Waals surface area contributed by atoms with Crippen LogP contribution in [0.15, 0.2) is 24.3 Å². The molecule has 0 radical (unpaired) electrons. The standard InChI is InChI=1S/C11H11NO4/c13-6-9(11(15)16)12-5-7-3-1-2-4-8(7)10(12)14/h1-4,9,13H,5-6H2,(H,15,16)/t9-/m1/s1. The van der Waals surface area contributed by atoms with Gasteiger partial charge in [-0.25, -0.2) is 4.79 Å². The van der Waals surface area contributed by atoms with Gasteiger partial charge in [-0.2, -0.15) is 0 Å². The summed E-state index contributed by atoms with van der Waals surface area (Å²) in [4.78, 5) is 23.9. The SMILES string of the molecule is O=C(O)[C@@H](CO)N1Cc2ccccc2C1=O. The maximum absolute atomic E-state index is 11.9. The Kier molecular flexibility index (Phi) is 2.62. The third-order valence-electron chi connectivity index (χ3n) is 2.68. The number of fused-ring (bicyclic) bond motifs is 1. The fourth-order valence-corrected chi connectivity index (χ4v) is 1.84. The van der Waals surface area contributed by atoms with Crippen molar-refractivity contribution >= 4 is 11.9 Å². The Hall–Kier alpha value is -1.88. The van der Waals surface area contributed by atoms with E-state index in [2.05, 4.69) is 0 Å². The summed E-state index contributed by atoms with van der Waals surface area (Å²) in [5.41, 5.74) is 1.31. The van der Waals surface area contributed by atoms with Gasteiger partial charge >= 0.3 is 5.97 Å². The Morgan fingerprint density at radius 3 is 2.69 bits per heavy atom. The van der Waals surface area contributed by atoms with Gasteiger partial charge in [0.2, 0.25) is 0 Å². The molecule has 1 aromatic carbocycles. The first-order chi connectivity index (χ1) is 7.65. The molecule has 0 unspecified atom stereocenters. The summed E-state index contributed by atoms with van der Waals surface area (Å²) in [6.45, 7) is -0.332. The number of rotatable bonds is 3. The van der Waals surface area contributed by atoms with Crippen LogP contribution in [-0.4, -0.2) is 39.6 Å². The number of aliphatic carboxylic acids is 1. The summed E-state index contributed by atoms with van der Waals surface area (Å²) >= 11 is 0. The molecule has 0 saturated heterocycles. The van der Waals surface area contributed by atoms with Crippen LogP contribution < -0.4 is 0 Å².